The molecule has 3 nitrogen and oxygen atoms in total. The van der Waals surface area contributed by atoms with Gasteiger partial charge in [0, 0.05) is 11.6 Å². The molecule has 0 N–H and O–H groups in total. The SMILES string of the molecule is CCc1c(C)nn(CC(=O)C(C)C)c1C. The number of aromatic nitrogens is 2. The lowest BCUT2D eigenvalue weighted by Crippen LogP contribution is -2.17. The molecule has 0 amide bonds. The molecule has 84 valence electrons. The van der Waals surface area contributed by atoms with Crippen molar-refractivity contribution in [2.75, 3.05) is 0 Å². The van der Waals surface area contributed by atoms with Crippen LogP contribution in [0.4, 0.5) is 0 Å². The molecule has 0 aliphatic carbocycles. The van der Waals surface area contributed by atoms with Crippen molar-refractivity contribution in [2.24, 2.45) is 5.92 Å². The predicted molar refractivity (Wildman–Crippen MR) is 60.9 cm³/mol. The fraction of sp³-hybridized carbons (Fsp3) is 0.667. The van der Waals surface area contributed by atoms with Crippen LogP contribution in [0, 0.1) is 19.8 Å². The molecular formula is C12H20N2O. The Morgan fingerprint density at radius 3 is 2.40 bits per heavy atom. The molecule has 1 aromatic heterocycles. The summed E-state index contributed by atoms with van der Waals surface area (Å²) in [4.78, 5) is 11.6. The topological polar surface area (TPSA) is 34.9 Å². The first-order chi connectivity index (χ1) is 6.97. The Morgan fingerprint density at radius 1 is 1.40 bits per heavy atom. The number of hydrogen-bond acceptors (Lipinski definition) is 2. The minimum absolute atomic E-state index is 0.0824. The van der Waals surface area contributed by atoms with Crippen LogP contribution in [0.1, 0.15) is 37.7 Å². The van der Waals surface area contributed by atoms with Gasteiger partial charge in [0.05, 0.1) is 5.69 Å². The standard InChI is InChI=1S/C12H20N2O/c1-6-11-9(4)13-14(10(11)5)7-12(15)8(2)3/h8H,6-7H2,1-5H3. The van der Waals surface area contributed by atoms with Crippen LogP contribution in [0.5, 0.6) is 0 Å². The Kier molecular flexibility index (Phi) is 3.66. The predicted octanol–water partition coefficient (Wildman–Crippen LogP) is 2.29. The van der Waals surface area contributed by atoms with Gasteiger partial charge in [0.15, 0.2) is 5.78 Å². The zero-order valence-electron chi connectivity index (χ0n) is 10.3. The molecule has 1 heterocycles. The molecule has 0 radical (unpaired) electrons. The number of ketones is 1. The third-order valence-electron chi connectivity index (χ3n) is 2.83. The van der Waals surface area contributed by atoms with Gasteiger partial charge < -0.3 is 0 Å². The lowest BCUT2D eigenvalue weighted by atomic mass is 10.1. The van der Waals surface area contributed by atoms with Crippen LogP contribution in [-0.2, 0) is 17.8 Å². The van der Waals surface area contributed by atoms with E-state index in [4.69, 9.17) is 0 Å². The van der Waals surface area contributed by atoms with E-state index in [1.165, 1.54) is 5.56 Å². The van der Waals surface area contributed by atoms with E-state index < -0.39 is 0 Å². The fourth-order valence-corrected chi connectivity index (χ4v) is 1.73. The quantitative estimate of drug-likeness (QED) is 0.761. The minimum Gasteiger partial charge on any atom is -0.297 e. The highest BCUT2D eigenvalue weighted by Gasteiger charge is 2.14. The largest absolute Gasteiger partial charge is 0.297 e. The molecule has 1 rings (SSSR count). The Morgan fingerprint density at radius 2 is 2.00 bits per heavy atom. The van der Waals surface area contributed by atoms with Crippen molar-refractivity contribution in [3.63, 3.8) is 0 Å². The van der Waals surface area contributed by atoms with Crippen LogP contribution < -0.4 is 0 Å². The second kappa shape index (κ2) is 4.60. The van der Waals surface area contributed by atoms with Crippen LogP contribution in [0.3, 0.4) is 0 Å². The number of Topliss-reactive ketones (excluding diaryl/α,β-unsaturated/α-hetero) is 1. The van der Waals surface area contributed by atoms with Crippen LogP contribution in [0.2, 0.25) is 0 Å². The molecular weight excluding hydrogens is 188 g/mol. The highest BCUT2D eigenvalue weighted by Crippen LogP contribution is 2.13. The maximum atomic E-state index is 11.6. The van der Waals surface area contributed by atoms with Crippen LogP contribution in [0.25, 0.3) is 0 Å². The van der Waals surface area contributed by atoms with E-state index in [0.29, 0.717) is 6.54 Å². The minimum atomic E-state index is 0.0824. The summed E-state index contributed by atoms with van der Waals surface area (Å²) >= 11 is 0. The number of rotatable bonds is 4. The lowest BCUT2D eigenvalue weighted by molar-refractivity contribution is -0.122. The summed E-state index contributed by atoms with van der Waals surface area (Å²) in [5.41, 5.74) is 3.45. The maximum absolute atomic E-state index is 11.6. The number of hydrogen-bond donors (Lipinski definition) is 0. The van der Waals surface area contributed by atoms with E-state index in [9.17, 15) is 4.79 Å². The molecule has 0 spiro atoms. The monoisotopic (exact) mass is 208 g/mol. The van der Waals surface area contributed by atoms with Crippen molar-refractivity contribution in [1.82, 2.24) is 9.78 Å². The van der Waals surface area contributed by atoms with Gasteiger partial charge in [-0.25, -0.2) is 0 Å². The molecule has 0 saturated heterocycles. The van der Waals surface area contributed by atoms with Gasteiger partial charge in [-0.1, -0.05) is 20.8 Å². The molecule has 3 heteroatoms. The average molecular weight is 208 g/mol. The van der Waals surface area contributed by atoms with E-state index >= 15 is 0 Å². The van der Waals surface area contributed by atoms with Crippen LogP contribution in [0.15, 0.2) is 0 Å². The molecule has 0 bridgehead atoms. The summed E-state index contributed by atoms with van der Waals surface area (Å²) in [5, 5.41) is 4.40. The molecule has 15 heavy (non-hydrogen) atoms. The van der Waals surface area contributed by atoms with Gasteiger partial charge >= 0.3 is 0 Å². The van der Waals surface area contributed by atoms with Gasteiger partial charge in [0.2, 0.25) is 0 Å². The van der Waals surface area contributed by atoms with Gasteiger partial charge in [0.25, 0.3) is 0 Å². The number of carbonyl (C=O) groups excluding carboxylic acids is 1. The van der Waals surface area contributed by atoms with Crippen molar-refractivity contribution in [3.8, 4) is 0 Å². The van der Waals surface area contributed by atoms with Crippen LogP contribution >= 0.6 is 0 Å². The van der Waals surface area contributed by atoms with E-state index in [0.717, 1.165) is 17.8 Å². The first kappa shape index (κ1) is 12.0. The normalized spacial score (nSPS) is 11.1. The zero-order chi connectivity index (χ0) is 11.6. The smallest absolute Gasteiger partial charge is 0.156 e. The van der Waals surface area contributed by atoms with Gasteiger partial charge in [-0.2, -0.15) is 5.10 Å². The number of carbonyl (C=O) groups is 1. The summed E-state index contributed by atoms with van der Waals surface area (Å²) in [6.07, 6.45) is 0.980. The number of nitrogens with zero attached hydrogens (tertiary/aromatic N) is 2. The van der Waals surface area contributed by atoms with Crippen LogP contribution in [-0.4, -0.2) is 15.6 Å². The van der Waals surface area contributed by atoms with E-state index in [2.05, 4.69) is 12.0 Å². The van der Waals surface area contributed by atoms with Crippen molar-refractivity contribution < 1.29 is 4.79 Å². The molecule has 0 aromatic carbocycles. The lowest BCUT2D eigenvalue weighted by Gasteiger charge is -2.06. The second-order valence-corrected chi connectivity index (χ2v) is 4.28. The van der Waals surface area contributed by atoms with E-state index in [1.54, 1.807) is 0 Å². The highest BCUT2D eigenvalue weighted by atomic mass is 16.1. The molecule has 0 atom stereocenters. The Labute approximate surface area is 91.5 Å². The van der Waals surface area contributed by atoms with Gasteiger partial charge in [-0.15, -0.1) is 0 Å². The summed E-state index contributed by atoms with van der Waals surface area (Å²) in [6, 6.07) is 0. The van der Waals surface area contributed by atoms with Crippen molar-refractivity contribution >= 4 is 5.78 Å². The summed E-state index contributed by atoms with van der Waals surface area (Å²) < 4.78 is 1.83. The fourth-order valence-electron chi connectivity index (χ4n) is 1.73. The van der Waals surface area contributed by atoms with Crippen molar-refractivity contribution in [2.45, 2.75) is 47.6 Å². The molecule has 0 aliphatic heterocycles. The Hall–Kier alpha value is -1.12. The molecule has 0 aliphatic rings. The maximum Gasteiger partial charge on any atom is 0.156 e. The van der Waals surface area contributed by atoms with Crippen molar-refractivity contribution in [3.05, 3.63) is 17.0 Å². The second-order valence-electron chi connectivity index (χ2n) is 4.28. The van der Waals surface area contributed by atoms with Crippen molar-refractivity contribution in [1.29, 1.82) is 0 Å². The Balaban J connectivity index is 2.92. The Bertz CT molecular complexity index is 364. The zero-order valence-corrected chi connectivity index (χ0v) is 10.3. The summed E-state index contributed by atoms with van der Waals surface area (Å²) in [6.45, 7) is 10.4. The first-order valence-corrected chi connectivity index (χ1v) is 5.53. The van der Waals surface area contributed by atoms with E-state index in [-0.39, 0.29) is 11.7 Å². The molecule has 0 unspecified atom stereocenters. The number of aryl methyl sites for hydroxylation is 1. The summed E-state index contributed by atoms with van der Waals surface area (Å²) in [7, 11) is 0. The molecule has 1 aromatic rings. The first-order valence-electron chi connectivity index (χ1n) is 5.53. The molecule has 0 fully saturated rings. The summed E-state index contributed by atoms with van der Waals surface area (Å²) in [5.74, 6) is 0.322. The average Bonchev–Trinajstić information content (AvgIpc) is 2.41. The van der Waals surface area contributed by atoms with Gasteiger partial charge in [0.1, 0.15) is 6.54 Å². The van der Waals surface area contributed by atoms with Gasteiger partial charge in [-0.3, -0.25) is 9.48 Å². The van der Waals surface area contributed by atoms with E-state index in [1.807, 2.05) is 32.4 Å². The molecule has 0 saturated carbocycles. The third-order valence-corrected chi connectivity index (χ3v) is 2.83. The third kappa shape index (κ3) is 2.46. The van der Waals surface area contributed by atoms with Gasteiger partial charge in [-0.05, 0) is 25.8 Å². The highest BCUT2D eigenvalue weighted by molar-refractivity contribution is 5.80.